The number of hydrogen-bond acceptors (Lipinski definition) is 3. The summed E-state index contributed by atoms with van der Waals surface area (Å²) in [6.45, 7) is 4.33. The van der Waals surface area contributed by atoms with Crippen LogP contribution >= 0.6 is 11.6 Å². The van der Waals surface area contributed by atoms with Crippen molar-refractivity contribution in [3.63, 3.8) is 0 Å². The van der Waals surface area contributed by atoms with Gasteiger partial charge >= 0.3 is 0 Å². The molecule has 18 heavy (non-hydrogen) atoms. The van der Waals surface area contributed by atoms with Crippen molar-refractivity contribution in [3.05, 3.63) is 47.1 Å². The second-order valence-corrected chi connectivity index (χ2v) is 4.86. The lowest BCUT2D eigenvalue weighted by Gasteiger charge is -2.10. The minimum Gasteiger partial charge on any atom is -0.396 e. The zero-order valence-corrected chi connectivity index (χ0v) is 11.2. The van der Waals surface area contributed by atoms with E-state index in [2.05, 4.69) is 36.3 Å². The molecule has 1 aromatic carbocycles. The summed E-state index contributed by atoms with van der Waals surface area (Å²) in [5.41, 5.74) is 8.65. The standard InChI is InChI=1S/C14H16ClN3/c1-9(2)10-3-5-11(6-4-10)17-14-12(16)7-8-13(15)18-14/h3-9H,16H2,1-2H3,(H,17,18). The van der Waals surface area contributed by atoms with Crippen molar-refractivity contribution < 1.29 is 0 Å². The lowest BCUT2D eigenvalue weighted by Crippen LogP contribution is -1.99. The van der Waals surface area contributed by atoms with Gasteiger partial charge in [0.25, 0.3) is 0 Å². The van der Waals surface area contributed by atoms with Gasteiger partial charge in [0.2, 0.25) is 0 Å². The second kappa shape index (κ2) is 5.27. The van der Waals surface area contributed by atoms with Crippen molar-refractivity contribution >= 4 is 28.8 Å². The average molecular weight is 262 g/mol. The molecule has 0 unspecified atom stereocenters. The van der Waals surface area contributed by atoms with Crippen LogP contribution in [0.15, 0.2) is 36.4 Å². The molecule has 0 aliphatic carbocycles. The van der Waals surface area contributed by atoms with Gasteiger partial charge in [0.05, 0.1) is 5.69 Å². The van der Waals surface area contributed by atoms with E-state index in [-0.39, 0.29) is 0 Å². The van der Waals surface area contributed by atoms with E-state index in [1.165, 1.54) is 5.56 Å². The first kappa shape index (κ1) is 12.7. The minimum atomic E-state index is 0.422. The fraction of sp³-hybridized carbons (Fsp3) is 0.214. The van der Waals surface area contributed by atoms with Gasteiger partial charge in [-0.15, -0.1) is 0 Å². The van der Waals surface area contributed by atoms with Gasteiger partial charge in [-0.2, -0.15) is 0 Å². The first-order valence-electron chi connectivity index (χ1n) is 5.85. The Morgan fingerprint density at radius 2 is 1.78 bits per heavy atom. The molecule has 0 bridgehead atoms. The van der Waals surface area contributed by atoms with Crippen molar-refractivity contribution in [1.29, 1.82) is 0 Å². The molecule has 2 aromatic rings. The molecule has 0 atom stereocenters. The number of nitrogen functional groups attached to an aromatic ring is 1. The van der Waals surface area contributed by atoms with Crippen LogP contribution in [0, 0.1) is 0 Å². The Hall–Kier alpha value is -1.74. The minimum absolute atomic E-state index is 0.422. The molecule has 3 N–H and O–H groups in total. The SMILES string of the molecule is CC(C)c1ccc(Nc2nc(Cl)ccc2N)cc1. The summed E-state index contributed by atoms with van der Waals surface area (Å²) >= 11 is 5.84. The number of nitrogens with two attached hydrogens (primary N) is 1. The third-order valence-corrected chi connectivity index (χ3v) is 2.94. The van der Waals surface area contributed by atoms with E-state index < -0.39 is 0 Å². The number of nitrogens with zero attached hydrogens (tertiary/aromatic N) is 1. The number of halogens is 1. The van der Waals surface area contributed by atoms with Gasteiger partial charge in [-0.05, 0) is 35.7 Å². The van der Waals surface area contributed by atoms with Crippen molar-refractivity contribution in [1.82, 2.24) is 4.98 Å². The van der Waals surface area contributed by atoms with Gasteiger partial charge in [0.1, 0.15) is 5.15 Å². The highest BCUT2D eigenvalue weighted by Gasteiger charge is 2.03. The average Bonchev–Trinajstić information content (AvgIpc) is 2.34. The van der Waals surface area contributed by atoms with Crippen LogP contribution < -0.4 is 11.1 Å². The van der Waals surface area contributed by atoms with E-state index in [0.29, 0.717) is 22.6 Å². The Labute approximate surface area is 112 Å². The topological polar surface area (TPSA) is 50.9 Å². The monoisotopic (exact) mass is 261 g/mol. The van der Waals surface area contributed by atoms with Crippen LogP contribution in [0.3, 0.4) is 0 Å². The lowest BCUT2D eigenvalue weighted by molar-refractivity contribution is 0.867. The lowest BCUT2D eigenvalue weighted by atomic mass is 10.0. The maximum absolute atomic E-state index is 5.84. The molecule has 0 spiro atoms. The summed E-state index contributed by atoms with van der Waals surface area (Å²) in [5, 5.41) is 3.58. The van der Waals surface area contributed by atoms with Gasteiger partial charge in [0.15, 0.2) is 5.82 Å². The van der Waals surface area contributed by atoms with E-state index in [1.54, 1.807) is 12.1 Å². The largest absolute Gasteiger partial charge is 0.396 e. The zero-order chi connectivity index (χ0) is 13.1. The molecule has 1 heterocycles. The van der Waals surface area contributed by atoms with Crippen LogP contribution in [0.4, 0.5) is 17.2 Å². The number of benzene rings is 1. The highest BCUT2D eigenvalue weighted by molar-refractivity contribution is 6.29. The van der Waals surface area contributed by atoms with E-state index in [4.69, 9.17) is 17.3 Å². The summed E-state index contributed by atoms with van der Waals surface area (Å²) in [5.74, 6) is 1.10. The maximum atomic E-state index is 5.84. The number of anilines is 3. The summed E-state index contributed by atoms with van der Waals surface area (Å²) in [7, 11) is 0. The number of aromatic nitrogens is 1. The number of rotatable bonds is 3. The third-order valence-electron chi connectivity index (χ3n) is 2.73. The molecule has 0 aliphatic heterocycles. The molecule has 0 amide bonds. The Morgan fingerprint density at radius 3 is 2.39 bits per heavy atom. The molecule has 0 saturated carbocycles. The molecular weight excluding hydrogens is 246 g/mol. The van der Waals surface area contributed by atoms with E-state index in [0.717, 1.165) is 5.69 Å². The molecule has 0 fully saturated rings. The highest BCUT2D eigenvalue weighted by atomic mass is 35.5. The predicted molar refractivity (Wildman–Crippen MR) is 77.5 cm³/mol. The molecule has 0 radical (unpaired) electrons. The smallest absolute Gasteiger partial charge is 0.155 e. The van der Waals surface area contributed by atoms with Crippen molar-refractivity contribution in [3.8, 4) is 0 Å². The van der Waals surface area contributed by atoms with Crippen LogP contribution in [-0.4, -0.2) is 4.98 Å². The Balaban J connectivity index is 2.21. The van der Waals surface area contributed by atoms with E-state index >= 15 is 0 Å². The summed E-state index contributed by atoms with van der Waals surface area (Å²) < 4.78 is 0. The Kier molecular flexibility index (Phi) is 3.72. The van der Waals surface area contributed by atoms with Crippen LogP contribution in [-0.2, 0) is 0 Å². The highest BCUT2D eigenvalue weighted by Crippen LogP contribution is 2.24. The molecule has 94 valence electrons. The fourth-order valence-corrected chi connectivity index (χ4v) is 1.78. The van der Waals surface area contributed by atoms with Crippen LogP contribution in [0.25, 0.3) is 0 Å². The van der Waals surface area contributed by atoms with Crippen LogP contribution in [0.1, 0.15) is 25.3 Å². The maximum Gasteiger partial charge on any atom is 0.155 e. The Bertz CT molecular complexity index is 535. The van der Waals surface area contributed by atoms with Gasteiger partial charge in [0, 0.05) is 5.69 Å². The third kappa shape index (κ3) is 2.93. The zero-order valence-electron chi connectivity index (χ0n) is 10.4. The van der Waals surface area contributed by atoms with Gasteiger partial charge in [-0.1, -0.05) is 37.6 Å². The fourth-order valence-electron chi connectivity index (χ4n) is 1.63. The number of pyridine rings is 1. The van der Waals surface area contributed by atoms with Gasteiger partial charge in [-0.25, -0.2) is 4.98 Å². The molecule has 0 saturated heterocycles. The molecule has 3 nitrogen and oxygen atoms in total. The molecular formula is C14H16ClN3. The molecule has 0 aliphatic rings. The predicted octanol–water partition coefficient (Wildman–Crippen LogP) is 4.18. The van der Waals surface area contributed by atoms with Gasteiger partial charge < -0.3 is 11.1 Å². The van der Waals surface area contributed by atoms with Crippen LogP contribution in [0.2, 0.25) is 5.15 Å². The molecule has 2 rings (SSSR count). The van der Waals surface area contributed by atoms with E-state index in [1.807, 2.05) is 12.1 Å². The van der Waals surface area contributed by atoms with Crippen molar-refractivity contribution in [2.24, 2.45) is 0 Å². The Morgan fingerprint density at radius 1 is 1.11 bits per heavy atom. The van der Waals surface area contributed by atoms with E-state index in [9.17, 15) is 0 Å². The molecule has 4 heteroatoms. The molecule has 1 aromatic heterocycles. The first-order chi connectivity index (χ1) is 8.56. The van der Waals surface area contributed by atoms with Crippen molar-refractivity contribution in [2.45, 2.75) is 19.8 Å². The summed E-state index contributed by atoms with van der Waals surface area (Å²) in [4.78, 5) is 4.15. The normalized spacial score (nSPS) is 10.7. The summed E-state index contributed by atoms with van der Waals surface area (Å²) in [6, 6.07) is 11.6. The number of hydrogen-bond donors (Lipinski definition) is 2. The number of nitrogens with one attached hydrogen (secondary N) is 1. The van der Waals surface area contributed by atoms with Crippen LogP contribution in [0.5, 0.6) is 0 Å². The van der Waals surface area contributed by atoms with Crippen molar-refractivity contribution in [2.75, 3.05) is 11.1 Å². The second-order valence-electron chi connectivity index (χ2n) is 4.47. The summed E-state index contributed by atoms with van der Waals surface area (Å²) in [6.07, 6.45) is 0. The first-order valence-corrected chi connectivity index (χ1v) is 6.23. The quantitative estimate of drug-likeness (QED) is 0.815. The van der Waals surface area contributed by atoms with Gasteiger partial charge in [-0.3, -0.25) is 0 Å².